The molecular formula is C23H29F2N7O2. The van der Waals surface area contributed by atoms with Gasteiger partial charge in [0, 0.05) is 25.5 Å². The molecule has 0 radical (unpaired) electrons. The second-order valence-corrected chi connectivity index (χ2v) is 9.23. The van der Waals surface area contributed by atoms with Gasteiger partial charge in [-0.15, -0.1) is 0 Å². The molecule has 1 N–H and O–H groups in total. The topological polar surface area (TPSA) is 89.6 Å². The molecule has 11 heteroatoms. The predicted octanol–water partition coefficient (Wildman–Crippen LogP) is 4.23. The minimum absolute atomic E-state index is 0.0249. The number of hydrogen-bond donors (Lipinski definition) is 1. The second kappa shape index (κ2) is 9.28. The Morgan fingerprint density at radius 1 is 1.18 bits per heavy atom. The van der Waals surface area contributed by atoms with Crippen LogP contribution in [0.3, 0.4) is 0 Å². The molecular weight excluding hydrogens is 444 g/mol. The van der Waals surface area contributed by atoms with E-state index in [1.54, 1.807) is 10.9 Å². The van der Waals surface area contributed by atoms with Gasteiger partial charge >= 0.3 is 0 Å². The van der Waals surface area contributed by atoms with Crippen LogP contribution in [0, 0.1) is 0 Å². The van der Waals surface area contributed by atoms with Gasteiger partial charge in [-0.05, 0) is 32.8 Å². The highest BCUT2D eigenvalue weighted by Gasteiger charge is 2.27. The number of morpholine rings is 1. The molecule has 1 amide bonds. The van der Waals surface area contributed by atoms with Gasteiger partial charge in [-0.25, -0.2) is 18.3 Å². The van der Waals surface area contributed by atoms with Gasteiger partial charge in [-0.2, -0.15) is 10.2 Å². The number of anilines is 2. The molecule has 2 atom stereocenters. The van der Waals surface area contributed by atoms with Crippen molar-refractivity contribution in [1.29, 1.82) is 0 Å². The van der Waals surface area contributed by atoms with Crippen LogP contribution < -0.4 is 10.2 Å². The van der Waals surface area contributed by atoms with Crippen LogP contribution in [0.25, 0.3) is 5.65 Å². The highest BCUT2D eigenvalue weighted by atomic mass is 19.3. The number of fused-ring (bicyclic) bond motifs is 1. The summed E-state index contributed by atoms with van der Waals surface area (Å²) >= 11 is 0. The molecule has 1 saturated heterocycles. The van der Waals surface area contributed by atoms with Gasteiger partial charge in [-0.3, -0.25) is 9.48 Å². The van der Waals surface area contributed by atoms with Crippen LogP contribution in [0.2, 0.25) is 0 Å². The SMILES string of the molecule is CC1CN(c2ccn3ncc(C(=O)Nc4cn(C5CCCCC5)nc4C(F)F)c3n2)CC(C)O1. The highest BCUT2D eigenvalue weighted by Crippen LogP contribution is 2.32. The lowest BCUT2D eigenvalue weighted by molar-refractivity contribution is -0.00545. The van der Waals surface area contributed by atoms with Crippen molar-refractivity contribution >= 4 is 23.1 Å². The number of amides is 1. The first-order valence-electron chi connectivity index (χ1n) is 11.8. The van der Waals surface area contributed by atoms with Crippen molar-refractivity contribution in [1.82, 2.24) is 24.4 Å². The fourth-order valence-corrected chi connectivity index (χ4v) is 4.95. The lowest BCUT2D eigenvalue weighted by Crippen LogP contribution is -2.45. The Morgan fingerprint density at radius 2 is 1.91 bits per heavy atom. The predicted molar refractivity (Wildman–Crippen MR) is 122 cm³/mol. The van der Waals surface area contributed by atoms with E-state index in [2.05, 4.69) is 25.4 Å². The van der Waals surface area contributed by atoms with Crippen molar-refractivity contribution < 1.29 is 18.3 Å². The molecule has 1 aliphatic heterocycles. The van der Waals surface area contributed by atoms with E-state index in [9.17, 15) is 13.6 Å². The van der Waals surface area contributed by atoms with E-state index in [-0.39, 0.29) is 29.5 Å². The maximum Gasteiger partial charge on any atom is 0.284 e. The van der Waals surface area contributed by atoms with Gasteiger partial charge < -0.3 is 15.0 Å². The molecule has 2 unspecified atom stereocenters. The maximum atomic E-state index is 13.7. The Bertz CT molecular complexity index is 1160. The fourth-order valence-electron chi connectivity index (χ4n) is 4.95. The molecule has 3 aromatic heterocycles. The van der Waals surface area contributed by atoms with Crippen LogP contribution in [-0.2, 0) is 4.74 Å². The van der Waals surface area contributed by atoms with Crippen molar-refractivity contribution in [2.24, 2.45) is 0 Å². The highest BCUT2D eigenvalue weighted by molar-refractivity contribution is 6.08. The third-order valence-corrected chi connectivity index (χ3v) is 6.51. The Balaban J connectivity index is 1.41. The van der Waals surface area contributed by atoms with E-state index < -0.39 is 18.0 Å². The molecule has 2 aliphatic rings. The molecule has 5 rings (SSSR count). The summed E-state index contributed by atoms with van der Waals surface area (Å²) in [7, 11) is 0. The zero-order chi connectivity index (χ0) is 23.8. The van der Waals surface area contributed by atoms with Crippen LogP contribution in [0.1, 0.15) is 74.5 Å². The third-order valence-electron chi connectivity index (χ3n) is 6.51. The number of hydrogen-bond acceptors (Lipinski definition) is 6. The zero-order valence-electron chi connectivity index (χ0n) is 19.3. The van der Waals surface area contributed by atoms with Gasteiger partial charge in [-0.1, -0.05) is 19.3 Å². The molecule has 4 heterocycles. The van der Waals surface area contributed by atoms with Crippen LogP contribution >= 0.6 is 0 Å². The molecule has 0 aromatic carbocycles. The lowest BCUT2D eigenvalue weighted by atomic mass is 9.96. The number of halogens is 2. The summed E-state index contributed by atoms with van der Waals surface area (Å²) in [6.07, 6.45) is 7.04. The monoisotopic (exact) mass is 473 g/mol. The number of rotatable bonds is 5. The average Bonchev–Trinajstić information content (AvgIpc) is 3.43. The molecule has 1 saturated carbocycles. The van der Waals surface area contributed by atoms with Gasteiger partial charge in [0.05, 0.1) is 30.1 Å². The Hall–Kier alpha value is -3.08. The summed E-state index contributed by atoms with van der Waals surface area (Å²) in [5.74, 6) is 0.163. The molecule has 2 fully saturated rings. The van der Waals surface area contributed by atoms with E-state index in [1.807, 2.05) is 19.9 Å². The van der Waals surface area contributed by atoms with E-state index in [0.29, 0.717) is 24.6 Å². The quantitative estimate of drug-likeness (QED) is 0.596. The van der Waals surface area contributed by atoms with Gasteiger partial charge in [0.1, 0.15) is 11.4 Å². The summed E-state index contributed by atoms with van der Waals surface area (Å²) < 4.78 is 36.3. The van der Waals surface area contributed by atoms with Gasteiger partial charge in [0.2, 0.25) is 0 Å². The Morgan fingerprint density at radius 3 is 2.62 bits per heavy atom. The first-order chi connectivity index (χ1) is 16.4. The molecule has 182 valence electrons. The van der Waals surface area contributed by atoms with Crippen molar-refractivity contribution in [3.63, 3.8) is 0 Å². The van der Waals surface area contributed by atoms with Crippen molar-refractivity contribution in [3.05, 3.63) is 35.9 Å². The first-order valence-corrected chi connectivity index (χ1v) is 11.8. The largest absolute Gasteiger partial charge is 0.372 e. The van der Waals surface area contributed by atoms with E-state index in [4.69, 9.17) is 4.74 Å². The van der Waals surface area contributed by atoms with E-state index in [1.165, 1.54) is 16.9 Å². The number of ether oxygens (including phenoxy) is 1. The number of carbonyl (C=O) groups is 1. The molecule has 9 nitrogen and oxygen atoms in total. The minimum atomic E-state index is -2.79. The summed E-state index contributed by atoms with van der Waals surface area (Å²) in [6, 6.07) is 1.92. The third kappa shape index (κ3) is 4.48. The van der Waals surface area contributed by atoms with Crippen LogP contribution in [0.5, 0.6) is 0 Å². The standard InChI is InChI=1S/C23H29F2N7O2/c1-14-11-30(12-15(2)34-14)19-8-9-31-22(28-19)17(10-26-31)23(33)27-18-13-32(29-20(18)21(24)25)16-6-4-3-5-7-16/h8-10,13-16,21H,3-7,11-12H2,1-2H3,(H,27,33). The number of nitrogens with one attached hydrogen (secondary N) is 1. The Kier molecular flexibility index (Phi) is 6.20. The van der Waals surface area contributed by atoms with Crippen LogP contribution in [-0.4, -0.2) is 55.6 Å². The number of alkyl halides is 2. The minimum Gasteiger partial charge on any atom is -0.372 e. The lowest BCUT2D eigenvalue weighted by Gasteiger charge is -2.36. The van der Waals surface area contributed by atoms with Crippen molar-refractivity contribution in [3.8, 4) is 0 Å². The van der Waals surface area contributed by atoms with Gasteiger partial charge in [0.25, 0.3) is 12.3 Å². The zero-order valence-corrected chi connectivity index (χ0v) is 19.3. The normalized spacial score (nSPS) is 22.0. The maximum absolute atomic E-state index is 13.7. The summed E-state index contributed by atoms with van der Waals surface area (Å²) in [5, 5.41) is 11.0. The van der Waals surface area contributed by atoms with Crippen LogP contribution in [0.4, 0.5) is 20.3 Å². The molecule has 3 aromatic rings. The van der Waals surface area contributed by atoms with Crippen molar-refractivity contribution in [2.45, 2.75) is 70.6 Å². The van der Waals surface area contributed by atoms with Crippen LogP contribution in [0.15, 0.2) is 24.7 Å². The fraction of sp³-hybridized carbons (Fsp3) is 0.565. The van der Waals surface area contributed by atoms with E-state index in [0.717, 1.165) is 32.1 Å². The molecule has 1 aliphatic carbocycles. The Labute approximate surface area is 196 Å². The smallest absolute Gasteiger partial charge is 0.284 e. The average molecular weight is 474 g/mol. The summed E-state index contributed by atoms with van der Waals surface area (Å²) in [6.45, 7) is 5.38. The van der Waals surface area contributed by atoms with E-state index >= 15 is 0 Å². The number of carbonyl (C=O) groups excluding carboxylic acids is 1. The molecule has 34 heavy (non-hydrogen) atoms. The second-order valence-electron chi connectivity index (χ2n) is 9.23. The van der Waals surface area contributed by atoms with Gasteiger partial charge in [0.15, 0.2) is 11.3 Å². The van der Waals surface area contributed by atoms with Crippen molar-refractivity contribution in [2.75, 3.05) is 23.3 Å². The number of aromatic nitrogens is 5. The summed E-state index contributed by atoms with van der Waals surface area (Å²) in [4.78, 5) is 19.9. The first kappa shape index (κ1) is 22.7. The molecule has 0 spiro atoms. The molecule has 0 bridgehead atoms. The number of nitrogens with zero attached hydrogens (tertiary/aromatic N) is 6. The summed E-state index contributed by atoms with van der Waals surface area (Å²) in [5.41, 5.74) is 0.180.